The molecule has 1 aromatic rings. The molecule has 0 radical (unpaired) electrons. The lowest BCUT2D eigenvalue weighted by molar-refractivity contribution is 0.107. The highest BCUT2D eigenvalue weighted by molar-refractivity contribution is 7.99. The molecule has 0 fully saturated rings. The lowest BCUT2D eigenvalue weighted by atomic mass is 10.2. The molecule has 0 aliphatic heterocycles. The number of hydrogen-bond donors (Lipinski definition) is 2. The van der Waals surface area contributed by atoms with E-state index in [4.69, 9.17) is 5.73 Å². The van der Waals surface area contributed by atoms with Gasteiger partial charge in [-0.15, -0.1) is 11.8 Å². The maximum absolute atomic E-state index is 12.9. The maximum Gasteiger partial charge on any atom is 0.126 e. The summed E-state index contributed by atoms with van der Waals surface area (Å²) >= 11 is 1.39. The van der Waals surface area contributed by atoms with Crippen molar-refractivity contribution in [2.24, 2.45) is 0 Å². The second-order valence-corrected chi connectivity index (χ2v) is 4.87. The summed E-state index contributed by atoms with van der Waals surface area (Å²) in [5, 5.41) is 9.47. The van der Waals surface area contributed by atoms with Gasteiger partial charge in [0, 0.05) is 16.3 Å². The van der Waals surface area contributed by atoms with Gasteiger partial charge in [-0.25, -0.2) is 4.39 Å². The minimum atomic E-state index is -0.758. The molecular weight excluding hydrogens is 201 g/mol. The Hall–Kier alpha value is -0.740. The highest BCUT2D eigenvalue weighted by Crippen LogP contribution is 2.25. The lowest BCUT2D eigenvalue weighted by Gasteiger charge is -2.16. The monoisotopic (exact) mass is 215 g/mol. The highest BCUT2D eigenvalue weighted by atomic mass is 32.2. The Bertz CT molecular complexity index is 302. The van der Waals surface area contributed by atoms with Crippen LogP contribution < -0.4 is 5.73 Å². The van der Waals surface area contributed by atoms with Gasteiger partial charge in [-0.1, -0.05) is 0 Å². The van der Waals surface area contributed by atoms with E-state index in [9.17, 15) is 9.50 Å². The van der Waals surface area contributed by atoms with Gasteiger partial charge in [-0.05, 0) is 32.0 Å². The number of rotatable bonds is 3. The first-order chi connectivity index (χ1) is 6.37. The number of aliphatic hydroxyl groups is 1. The molecule has 3 N–H and O–H groups in total. The van der Waals surface area contributed by atoms with E-state index in [0.717, 1.165) is 4.90 Å². The zero-order chi connectivity index (χ0) is 10.8. The van der Waals surface area contributed by atoms with Gasteiger partial charge in [0.1, 0.15) is 5.82 Å². The Morgan fingerprint density at radius 3 is 2.57 bits per heavy atom. The van der Waals surface area contributed by atoms with Crippen molar-refractivity contribution in [1.82, 2.24) is 0 Å². The van der Waals surface area contributed by atoms with E-state index < -0.39 is 5.60 Å². The number of nitrogens with two attached hydrogens (primary N) is 1. The van der Waals surface area contributed by atoms with E-state index in [1.54, 1.807) is 19.9 Å². The zero-order valence-corrected chi connectivity index (χ0v) is 9.07. The molecule has 0 bridgehead atoms. The van der Waals surface area contributed by atoms with Crippen LogP contribution in [0.1, 0.15) is 13.8 Å². The van der Waals surface area contributed by atoms with Crippen molar-refractivity contribution in [1.29, 1.82) is 0 Å². The minimum Gasteiger partial charge on any atom is -0.399 e. The number of halogens is 1. The summed E-state index contributed by atoms with van der Waals surface area (Å²) < 4.78 is 12.9. The fourth-order valence-corrected chi connectivity index (χ4v) is 1.86. The van der Waals surface area contributed by atoms with Crippen molar-refractivity contribution in [2.75, 3.05) is 11.5 Å². The summed E-state index contributed by atoms with van der Waals surface area (Å²) in [7, 11) is 0. The molecule has 0 saturated carbocycles. The molecule has 0 amide bonds. The Morgan fingerprint density at radius 2 is 2.07 bits per heavy atom. The zero-order valence-electron chi connectivity index (χ0n) is 8.25. The first kappa shape index (κ1) is 11.3. The number of nitrogen functional groups attached to an aromatic ring is 1. The number of thioether (sulfide) groups is 1. The first-order valence-corrected chi connectivity index (χ1v) is 5.27. The normalized spacial score (nSPS) is 11.7. The van der Waals surface area contributed by atoms with Crippen LogP contribution in [0.4, 0.5) is 10.1 Å². The van der Waals surface area contributed by atoms with Gasteiger partial charge in [0.25, 0.3) is 0 Å². The second kappa shape index (κ2) is 4.19. The highest BCUT2D eigenvalue weighted by Gasteiger charge is 2.13. The Kier molecular flexibility index (Phi) is 3.39. The van der Waals surface area contributed by atoms with Gasteiger partial charge in [0.2, 0.25) is 0 Å². The third kappa shape index (κ3) is 3.98. The van der Waals surface area contributed by atoms with Crippen LogP contribution in [-0.2, 0) is 0 Å². The van der Waals surface area contributed by atoms with Gasteiger partial charge in [-0.3, -0.25) is 0 Å². The maximum atomic E-state index is 12.9. The largest absolute Gasteiger partial charge is 0.399 e. The lowest BCUT2D eigenvalue weighted by Crippen LogP contribution is -2.21. The predicted molar refractivity (Wildman–Crippen MR) is 57.8 cm³/mol. The van der Waals surface area contributed by atoms with Crippen LogP contribution >= 0.6 is 11.8 Å². The molecule has 14 heavy (non-hydrogen) atoms. The Balaban J connectivity index is 2.68. The molecular formula is C10H14FNOS. The van der Waals surface area contributed by atoms with Crippen molar-refractivity contribution in [2.45, 2.75) is 24.3 Å². The summed E-state index contributed by atoms with van der Waals surface area (Å²) in [5.41, 5.74) is 5.13. The average Bonchev–Trinajstić information content (AvgIpc) is 1.97. The molecule has 0 aliphatic carbocycles. The van der Waals surface area contributed by atoms with E-state index in [2.05, 4.69) is 0 Å². The second-order valence-electron chi connectivity index (χ2n) is 3.82. The first-order valence-electron chi connectivity index (χ1n) is 4.28. The molecule has 1 aromatic carbocycles. The molecule has 0 saturated heterocycles. The molecule has 0 unspecified atom stereocenters. The fraction of sp³-hybridized carbons (Fsp3) is 0.400. The minimum absolute atomic E-state index is 0.344. The molecule has 4 heteroatoms. The van der Waals surface area contributed by atoms with E-state index in [1.165, 1.54) is 23.9 Å². The van der Waals surface area contributed by atoms with Crippen LogP contribution in [0, 0.1) is 5.82 Å². The molecule has 0 spiro atoms. The van der Waals surface area contributed by atoms with Crippen molar-refractivity contribution >= 4 is 17.4 Å². The smallest absolute Gasteiger partial charge is 0.126 e. The van der Waals surface area contributed by atoms with E-state index in [1.807, 2.05) is 0 Å². The molecule has 78 valence electrons. The predicted octanol–water partition coefficient (Wildman–Crippen LogP) is 2.27. The third-order valence-electron chi connectivity index (χ3n) is 1.49. The van der Waals surface area contributed by atoms with Crippen LogP contribution in [0.25, 0.3) is 0 Å². The van der Waals surface area contributed by atoms with Crippen molar-refractivity contribution in [3.63, 3.8) is 0 Å². The quantitative estimate of drug-likeness (QED) is 0.600. The summed E-state index contributed by atoms with van der Waals surface area (Å²) in [6.45, 7) is 3.42. The molecule has 1 rings (SSSR count). The summed E-state index contributed by atoms with van der Waals surface area (Å²) in [4.78, 5) is 0.740. The number of benzene rings is 1. The van der Waals surface area contributed by atoms with Crippen molar-refractivity contribution in [3.8, 4) is 0 Å². The topological polar surface area (TPSA) is 46.2 Å². The number of hydrogen-bond acceptors (Lipinski definition) is 3. The number of anilines is 1. The third-order valence-corrected chi connectivity index (χ3v) is 2.91. The average molecular weight is 215 g/mol. The summed E-state index contributed by atoms with van der Waals surface area (Å²) in [6, 6.07) is 4.38. The SMILES string of the molecule is CC(C)(O)CSc1cc(N)cc(F)c1. The van der Waals surface area contributed by atoms with Gasteiger partial charge in [0.15, 0.2) is 0 Å². The van der Waals surface area contributed by atoms with E-state index in [-0.39, 0.29) is 5.82 Å². The van der Waals surface area contributed by atoms with E-state index >= 15 is 0 Å². The van der Waals surface area contributed by atoms with Crippen LogP contribution in [0.2, 0.25) is 0 Å². The Morgan fingerprint density at radius 1 is 1.43 bits per heavy atom. The fourth-order valence-electron chi connectivity index (χ4n) is 0.928. The van der Waals surface area contributed by atoms with Crippen LogP contribution in [0.15, 0.2) is 23.1 Å². The molecule has 0 aliphatic rings. The Labute approximate surface area is 87.3 Å². The summed E-state index contributed by atoms with van der Waals surface area (Å²) in [5.74, 6) is 0.166. The van der Waals surface area contributed by atoms with Crippen molar-refractivity contribution < 1.29 is 9.50 Å². The molecule has 2 nitrogen and oxygen atoms in total. The van der Waals surface area contributed by atoms with E-state index in [0.29, 0.717) is 11.4 Å². The molecule has 0 aromatic heterocycles. The van der Waals surface area contributed by atoms with Gasteiger partial charge < -0.3 is 10.8 Å². The van der Waals surface area contributed by atoms with Crippen molar-refractivity contribution in [3.05, 3.63) is 24.0 Å². The van der Waals surface area contributed by atoms with Crippen LogP contribution in [0.5, 0.6) is 0 Å². The van der Waals surface area contributed by atoms with Crippen LogP contribution in [-0.4, -0.2) is 16.5 Å². The van der Waals surface area contributed by atoms with Gasteiger partial charge >= 0.3 is 0 Å². The standard InChI is InChI=1S/C10H14FNOS/c1-10(2,13)6-14-9-4-7(11)3-8(12)5-9/h3-5,13H,6,12H2,1-2H3. The molecule has 0 atom stereocenters. The summed E-state index contributed by atoms with van der Waals surface area (Å²) in [6.07, 6.45) is 0. The van der Waals surface area contributed by atoms with Crippen LogP contribution in [0.3, 0.4) is 0 Å². The molecule has 0 heterocycles. The van der Waals surface area contributed by atoms with Gasteiger partial charge in [-0.2, -0.15) is 0 Å². The van der Waals surface area contributed by atoms with Gasteiger partial charge in [0.05, 0.1) is 5.60 Å².